The summed E-state index contributed by atoms with van der Waals surface area (Å²) in [5, 5.41) is -0.317. The van der Waals surface area contributed by atoms with Gasteiger partial charge in [-0.05, 0) is 0 Å². The van der Waals surface area contributed by atoms with E-state index in [2.05, 4.69) is 0 Å². The number of hydrogen-bond acceptors (Lipinski definition) is 4. The van der Waals surface area contributed by atoms with Crippen molar-refractivity contribution in [3.63, 3.8) is 0 Å². The maximum absolute atomic E-state index is 13.8. The third-order valence-corrected chi connectivity index (χ3v) is 5.45. The van der Waals surface area contributed by atoms with Crippen molar-refractivity contribution in [2.24, 2.45) is 0 Å². The van der Waals surface area contributed by atoms with E-state index in [1.54, 1.807) is 6.07 Å². The SMILES string of the molecule is COc1cc(OC)c(P(C(=O)c2ccccc2)C(F)(F)F)c(OC)c1.[H-].[Li+]. The molecule has 0 aliphatic carbocycles. The number of rotatable bonds is 6. The van der Waals surface area contributed by atoms with Crippen LogP contribution < -0.4 is 38.4 Å². The van der Waals surface area contributed by atoms with Crippen LogP contribution in [-0.4, -0.2) is 32.8 Å². The summed E-state index contributed by atoms with van der Waals surface area (Å²) in [6, 6.07) is 9.96. The predicted molar refractivity (Wildman–Crippen MR) is 90.6 cm³/mol. The molecule has 0 radical (unpaired) electrons. The predicted octanol–water partition coefficient (Wildman–Crippen LogP) is 1.30. The number of hydrogen-bond donors (Lipinski definition) is 0. The Hall–Kier alpha value is -1.67. The molecule has 2 aromatic carbocycles. The van der Waals surface area contributed by atoms with E-state index in [4.69, 9.17) is 14.2 Å². The van der Waals surface area contributed by atoms with Crippen molar-refractivity contribution >= 4 is 18.8 Å². The van der Waals surface area contributed by atoms with Crippen LogP contribution in [-0.2, 0) is 0 Å². The van der Waals surface area contributed by atoms with Crippen LogP contribution in [0.1, 0.15) is 11.8 Å². The van der Waals surface area contributed by atoms with E-state index in [1.807, 2.05) is 0 Å². The van der Waals surface area contributed by atoms with Crippen LogP contribution in [0.2, 0.25) is 0 Å². The van der Waals surface area contributed by atoms with Crippen molar-refractivity contribution in [3.8, 4) is 17.2 Å². The van der Waals surface area contributed by atoms with Gasteiger partial charge in [0.1, 0.15) is 25.2 Å². The molecule has 2 aromatic rings. The van der Waals surface area contributed by atoms with Crippen molar-refractivity contribution < 1.29 is 52.5 Å². The molecular weight excluding hydrogens is 363 g/mol. The molecule has 0 saturated carbocycles. The van der Waals surface area contributed by atoms with Crippen LogP contribution in [0.3, 0.4) is 0 Å². The number of methoxy groups -OCH3 is 3. The van der Waals surface area contributed by atoms with Gasteiger partial charge < -0.3 is 15.6 Å². The second-order valence-corrected chi connectivity index (χ2v) is 6.89. The average Bonchev–Trinajstić information content (AvgIpc) is 2.61. The first-order valence-electron chi connectivity index (χ1n) is 7.09. The normalized spacial score (nSPS) is 11.9. The van der Waals surface area contributed by atoms with Gasteiger partial charge in [-0.15, -0.1) is 0 Å². The Labute approximate surface area is 164 Å². The van der Waals surface area contributed by atoms with E-state index in [-0.39, 0.29) is 48.4 Å². The molecule has 1 atom stereocenters. The summed E-state index contributed by atoms with van der Waals surface area (Å²) in [5.74, 6) is -4.72. The first-order chi connectivity index (χ1) is 11.8. The zero-order valence-corrected chi connectivity index (χ0v) is 15.6. The van der Waals surface area contributed by atoms with Gasteiger partial charge in [-0.25, -0.2) is 0 Å². The molecule has 9 heteroatoms. The number of halogens is 3. The van der Waals surface area contributed by atoms with Crippen molar-refractivity contribution in [1.82, 2.24) is 0 Å². The van der Waals surface area contributed by atoms with Crippen LogP contribution >= 0.6 is 7.92 Å². The smallest absolute Gasteiger partial charge is 1.00 e. The van der Waals surface area contributed by atoms with Gasteiger partial charge in [-0.3, -0.25) is 4.79 Å². The molecule has 0 amide bonds. The Morgan fingerprint density at radius 3 is 1.85 bits per heavy atom. The number of ether oxygens (including phenoxy) is 3. The van der Waals surface area contributed by atoms with Gasteiger partial charge in [0.05, 0.1) is 26.6 Å². The molecule has 0 heterocycles. The van der Waals surface area contributed by atoms with E-state index in [1.165, 1.54) is 57.7 Å². The zero-order valence-electron chi connectivity index (χ0n) is 15.8. The van der Waals surface area contributed by atoms with Crippen LogP contribution in [0, 0.1) is 0 Å². The molecular formula is C17H17F3LiO4P. The summed E-state index contributed by atoms with van der Waals surface area (Å²) in [4.78, 5) is 12.6. The summed E-state index contributed by atoms with van der Waals surface area (Å²) < 4.78 is 56.7. The van der Waals surface area contributed by atoms with Crippen molar-refractivity contribution in [2.45, 2.75) is 5.92 Å². The molecule has 0 aliphatic heterocycles. The van der Waals surface area contributed by atoms with Gasteiger partial charge in [0.25, 0.3) is 0 Å². The molecule has 1 unspecified atom stereocenters. The maximum atomic E-state index is 13.8. The largest absolute Gasteiger partial charge is 1.00 e. The number of carbonyl (C=O) groups excluding carboxylic acids is 1. The summed E-state index contributed by atoms with van der Waals surface area (Å²) >= 11 is 0. The van der Waals surface area contributed by atoms with Crippen molar-refractivity contribution in [3.05, 3.63) is 48.0 Å². The fourth-order valence-corrected chi connectivity index (χ4v) is 4.11. The molecule has 0 aromatic heterocycles. The van der Waals surface area contributed by atoms with Crippen molar-refractivity contribution in [2.75, 3.05) is 21.3 Å². The summed E-state index contributed by atoms with van der Waals surface area (Å²) in [6.07, 6.45) is 0. The molecule has 0 saturated heterocycles. The van der Waals surface area contributed by atoms with E-state index in [9.17, 15) is 18.0 Å². The standard InChI is InChI=1S/C17H16F3O4P.Li.H/c1-22-12-9-13(23-2)15(14(10-12)24-3)25(17(18,19)20)16(21)11-7-5-4-6-8-11;;/h4-10H,1-3H3;;/q;+1;-1. The van der Waals surface area contributed by atoms with E-state index in [0.29, 0.717) is 0 Å². The van der Waals surface area contributed by atoms with Crippen molar-refractivity contribution in [1.29, 1.82) is 0 Å². The molecule has 0 bridgehead atoms. The second-order valence-electron chi connectivity index (χ2n) is 4.85. The Kier molecular flexibility index (Phi) is 8.02. The van der Waals surface area contributed by atoms with Gasteiger partial charge in [-0.2, -0.15) is 13.2 Å². The minimum absolute atomic E-state index is 0. The Morgan fingerprint density at radius 2 is 1.46 bits per heavy atom. The zero-order chi connectivity index (χ0) is 18.6. The van der Waals surface area contributed by atoms with Gasteiger partial charge in [0.2, 0.25) is 0 Å². The van der Waals surface area contributed by atoms with E-state index < -0.39 is 19.4 Å². The van der Waals surface area contributed by atoms with Gasteiger partial charge in [0, 0.05) is 17.7 Å². The van der Waals surface area contributed by atoms with Gasteiger partial charge >= 0.3 is 24.8 Å². The third kappa shape index (κ3) is 4.73. The minimum atomic E-state index is -4.77. The van der Waals surface area contributed by atoms with Crippen LogP contribution in [0.5, 0.6) is 17.2 Å². The van der Waals surface area contributed by atoms with E-state index in [0.717, 1.165) is 0 Å². The summed E-state index contributed by atoms with van der Waals surface area (Å²) in [5.41, 5.74) is -1.05. The molecule has 26 heavy (non-hydrogen) atoms. The number of carbonyl (C=O) groups is 1. The van der Waals surface area contributed by atoms with Crippen LogP contribution in [0.15, 0.2) is 42.5 Å². The maximum Gasteiger partial charge on any atom is 1.00 e. The second kappa shape index (κ2) is 9.32. The Bertz CT molecular complexity index is 735. The Balaban J connectivity index is 0.00000338. The third-order valence-electron chi connectivity index (χ3n) is 3.39. The van der Waals surface area contributed by atoms with Crippen LogP contribution in [0.25, 0.3) is 0 Å². The van der Waals surface area contributed by atoms with Gasteiger partial charge in [-0.1, -0.05) is 30.3 Å². The number of alkyl halides is 3. The molecule has 2 rings (SSSR count). The van der Waals surface area contributed by atoms with E-state index >= 15 is 0 Å². The average molecular weight is 380 g/mol. The number of benzene rings is 2. The Morgan fingerprint density at radius 1 is 0.962 bits per heavy atom. The summed E-state index contributed by atoms with van der Waals surface area (Å²) in [6.45, 7) is 0. The molecule has 0 aliphatic rings. The summed E-state index contributed by atoms with van der Waals surface area (Å²) in [7, 11) is 0.583. The first-order valence-corrected chi connectivity index (χ1v) is 8.44. The van der Waals surface area contributed by atoms with Gasteiger partial charge in [0.15, 0.2) is 5.52 Å². The molecule has 136 valence electrons. The minimum Gasteiger partial charge on any atom is -1.00 e. The van der Waals surface area contributed by atoms with Crippen LogP contribution in [0.4, 0.5) is 13.2 Å². The molecule has 0 N–H and O–H groups in total. The topological polar surface area (TPSA) is 44.8 Å². The fraction of sp³-hybridized carbons (Fsp3) is 0.235. The molecule has 0 fully saturated rings. The monoisotopic (exact) mass is 380 g/mol. The molecule has 4 nitrogen and oxygen atoms in total. The quantitative estimate of drug-likeness (QED) is 0.560. The fourth-order valence-electron chi connectivity index (χ4n) is 2.26. The first kappa shape index (κ1) is 22.4. The molecule has 0 spiro atoms.